The third-order valence-corrected chi connectivity index (χ3v) is 8.12. The number of sulfonamides is 1. The lowest BCUT2D eigenvalue weighted by molar-refractivity contribution is -0.120. The molecule has 29 heavy (non-hydrogen) atoms. The summed E-state index contributed by atoms with van der Waals surface area (Å²) in [6, 6.07) is 10.3. The maximum absolute atomic E-state index is 12.7. The third kappa shape index (κ3) is 5.45. The van der Waals surface area contributed by atoms with Gasteiger partial charge in [0.1, 0.15) is 0 Å². The van der Waals surface area contributed by atoms with Gasteiger partial charge in [-0.1, -0.05) is 19.4 Å². The van der Waals surface area contributed by atoms with E-state index in [2.05, 4.69) is 16.3 Å². The van der Waals surface area contributed by atoms with E-state index >= 15 is 0 Å². The fourth-order valence-electron chi connectivity index (χ4n) is 3.50. The second-order valence-electron chi connectivity index (χ2n) is 7.30. The maximum atomic E-state index is 12.7. The van der Waals surface area contributed by atoms with Crippen molar-refractivity contribution in [3.05, 3.63) is 46.7 Å². The molecule has 6 nitrogen and oxygen atoms in total. The normalized spacial score (nSPS) is 16.7. The van der Waals surface area contributed by atoms with E-state index in [4.69, 9.17) is 0 Å². The Labute approximate surface area is 177 Å². The lowest BCUT2D eigenvalue weighted by atomic mass is 10.2. The van der Waals surface area contributed by atoms with Gasteiger partial charge in [-0.3, -0.25) is 9.69 Å². The Morgan fingerprint density at radius 1 is 1.17 bits per heavy atom. The number of nitrogens with one attached hydrogen (secondary N) is 1. The van der Waals surface area contributed by atoms with Crippen LogP contribution in [0, 0.1) is 0 Å². The summed E-state index contributed by atoms with van der Waals surface area (Å²) >= 11 is 1.68. The molecule has 1 fully saturated rings. The van der Waals surface area contributed by atoms with Crippen LogP contribution in [-0.2, 0) is 21.4 Å². The Kier molecular flexibility index (Phi) is 7.45. The van der Waals surface area contributed by atoms with Crippen molar-refractivity contribution in [1.82, 2.24) is 9.21 Å². The number of amides is 1. The van der Waals surface area contributed by atoms with Crippen LogP contribution in [0.2, 0.25) is 0 Å². The summed E-state index contributed by atoms with van der Waals surface area (Å²) in [5, 5.41) is 4.94. The summed E-state index contributed by atoms with van der Waals surface area (Å²) in [6.07, 6.45) is 2.89. The van der Waals surface area contributed by atoms with Crippen molar-refractivity contribution in [2.45, 2.75) is 50.6 Å². The summed E-state index contributed by atoms with van der Waals surface area (Å²) in [5.74, 6) is -0.102. The van der Waals surface area contributed by atoms with Crippen LogP contribution in [0.5, 0.6) is 0 Å². The van der Waals surface area contributed by atoms with Gasteiger partial charge in [-0.15, -0.1) is 11.3 Å². The molecule has 1 aromatic heterocycles. The molecule has 1 amide bonds. The number of hydrogen-bond donors (Lipinski definition) is 1. The van der Waals surface area contributed by atoms with Gasteiger partial charge < -0.3 is 5.32 Å². The number of likely N-dealkylation sites (N-methyl/N-ethyl adjacent to an activating group) is 1. The highest BCUT2D eigenvalue weighted by Gasteiger charge is 2.26. The smallest absolute Gasteiger partial charge is 0.243 e. The van der Waals surface area contributed by atoms with Crippen LogP contribution in [0.4, 0.5) is 5.69 Å². The van der Waals surface area contributed by atoms with Crippen molar-refractivity contribution in [3.63, 3.8) is 0 Å². The lowest BCUT2D eigenvalue weighted by Crippen LogP contribution is -2.41. The standard InChI is InChI=1S/C21H29N3O3S2/c1-3-23(16-19-8-7-15-28-19)17(2)21(25)22-18-9-11-20(12-10-18)29(26,27)24-13-5-4-6-14-24/h7-12,15,17H,3-6,13-14,16H2,1-2H3,(H,22,25). The molecule has 1 aromatic carbocycles. The number of thiophene rings is 1. The van der Waals surface area contributed by atoms with Crippen molar-refractivity contribution in [2.24, 2.45) is 0 Å². The average molecular weight is 436 g/mol. The summed E-state index contributed by atoms with van der Waals surface area (Å²) in [5.41, 5.74) is 0.603. The van der Waals surface area contributed by atoms with E-state index < -0.39 is 10.0 Å². The molecule has 8 heteroatoms. The summed E-state index contributed by atoms with van der Waals surface area (Å²) in [4.78, 5) is 16.3. The van der Waals surface area contributed by atoms with E-state index in [0.29, 0.717) is 18.8 Å². The van der Waals surface area contributed by atoms with E-state index in [0.717, 1.165) is 32.4 Å². The topological polar surface area (TPSA) is 69.7 Å². The number of carbonyl (C=O) groups excluding carboxylic acids is 1. The molecular formula is C21H29N3O3S2. The zero-order valence-electron chi connectivity index (χ0n) is 17.0. The summed E-state index contributed by atoms with van der Waals surface area (Å²) in [6.45, 7) is 6.58. The van der Waals surface area contributed by atoms with Gasteiger partial charge in [0, 0.05) is 30.2 Å². The van der Waals surface area contributed by atoms with Gasteiger partial charge in [-0.2, -0.15) is 4.31 Å². The van der Waals surface area contributed by atoms with E-state index in [9.17, 15) is 13.2 Å². The van der Waals surface area contributed by atoms with Crippen molar-refractivity contribution < 1.29 is 13.2 Å². The highest BCUT2D eigenvalue weighted by atomic mass is 32.2. The number of piperidine rings is 1. The molecule has 0 bridgehead atoms. The second kappa shape index (κ2) is 9.84. The molecule has 0 aliphatic carbocycles. The Balaban J connectivity index is 1.63. The minimum absolute atomic E-state index is 0.102. The van der Waals surface area contributed by atoms with Crippen LogP contribution in [0.1, 0.15) is 38.0 Å². The minimum atomic E-state index is -3.46. The number of hydrogen-bond acceptors (Lipinski definition) is 5. The zero-order chi connectivity index (χ0) is 20.9. The number of rotatable bonds is 8. The Hall–Kier alpha value is -1.74. The van der Waals surface area contributed by atoms with E-state index in [-0.39, 0.29) is 16.8 Å². The quantitative estimate of drug-likeness (QED) is 0.685. The molecule has 0 saturated carbocycles. The fraction of sp³-hybridized carbons (Fsp3) is 0.476. The van der Waals surface area contributed by atoms with Crippen LogP contribution in [0.25, 0.3) is 0 Å². The molecule has 158 valence electrons. The van der Waals surface area contributed by atoms with Gasteiger partial charge >= 0.3 is 0 Å². The molecule has 1 N–H and O–H groups in total. The zero-order valence-corrected chi connectivity index (χ0v) is 18.6. The minimum Gasteiger partial charge on any atom is -0.325 e. The first kappa shape index (κ1) is 22.0. The molecule has 2 heterocycles. The van der Waals surface area contributed by atoms with Crippen LogP contribution in [0.15, 0.2) is 46.7 Å². The maximum Gasteiger partial charge on any atom is 0.243 e. The highest BCUT2D eigenvalue weighted by molar-refractivity contribution is 7.89. The van der Waals surface area contributed by atoms with Crippen LogP contribution in [0.3, 0.4) is 0 Å². The van der Waals surface area contributed by atoms with Crippen LogP contribution >= 0.6 is 11.3 Å². The number of nitrogens with zero attached hydrogens (tertiary/aromatic N) is 2. The van der Waals surface area contributed by atoms with Crippen molar-refractivity contribution >= 4 is 33.0 Å². The predicted molar refractivity (Wildman–Crippen MR) is 118 cm³/mol. The van der Waals surface area contributed by atoms with Gasteiger partial charge in [0.25, 0.3) is 0 Å². The molecule has 1 saturated heterocycles. The van der Waals surface area contributed by atoms with E-state index in [1.54, 1.807) is 39.9 Å². The van der Waals surface area contributed by atoms with Crippen molar-refractivity contribution in [2.75, 3.05) is 25.0 Å². The first-order chi connectivity index (χ1) is 13.9. The first-order valence-corrected chi connectivity index (χ1v) is 12.4. The van der Waals surface area contributed by atoms with Gasteiger partial charge in [-0.25, -0.2) is 8.42 Å². The Morgan fingerprint density at radius 2 is 1.86 bits per heavy atom. The number of carbonyl (C=O) groups is 1. The molecule has 1 aliphatic rings. The molecule has 1 unspecified atom stereocenters. The molecule has 2 aromatic rings. The van der Waals surface area contributed by atoms with Gasteiger partial charge in [0.15, 0.2) is 0 Å². The Morgan fingerprint density at radius 3 is 2.45 bits per heavy atom. The van der Waals surface area contributed by atoms with E-state index in [1.165, 1.54) is 4.88 Å². The predicted octanol–water partition coefficient (Wildman–Crippen LogP) is 3.77. The third-order valence-electron chi connectivity index (χ3n) is 5.35. The fourth-order valence-corrected chi connectivity index (χ4v) is 5.75. The molecular weight excluding hydrogens is 406 g/mol. The summed E-state index contributed by atoms with van der Waals surface area (Å²) < 4.78 is 27.0. The molecule has 0 spiro atoms. The van der Waals surface area contributed by atoms with Gasteiger partial charge in [0.2, 0.25) is 15.9 Å². The van der Waals surface area contributed by atoms with Crippen molar-refractivity contribution in [1.29, 1.82) is 0 Å². The molecule has 1 atom stereocenters. The van der Waals surface area contributed by atoms with E-state index in [1.807, 2.05) is 25.3 Å². The number of benzene rings is 1. The van der Waals surface area contributed by atoms with Gasteiger partial charge in [0.05, 0.1) is 10.9 Å². The molecule has 1 aliphatic heterocycles. The monoisotopic (exact) mass is 435 g/mol. The number of anilines is 1. The SMILES string of the molecule is CCN(Cc1cccs1)C(C)C(=O)Nc1ccc(S(=O)(=O)N2CCCCC2)cc1. The molecule has 3 rings (SSSR count). The highest BCUT2D eigenvalue weighted by Crippen LogP contribution is 2.22. The van der Waals surface area contributed by atoms with Crippen LogP contribution < -0.4 is 5.32 Å². The largest absolute Gasteiger partial charge is 0.325 e. The van der Waals surface area contributed by atoms with Gasteiger partial charge in [-0.05, 0) is 62.0 Å². The summed E-state index contributed by atoms with van der Waals surface area (Å²) in [7, 11) is -3.46. The second-order valence-corrected chi connectivity index (χ2v) is 10.3. The first-order valence-electron chi connectivity index (χ1n) is 10.1. The molecule has 0 radical (unpaired) electrons. The Bertz CT molecular complexity index is 890. The lowest BCUT2D eigenvalue weighted by Gasteiger charge is -2.27. The van der Waals surface area contributed by atoms with Crippen molar-refractivity contribution in [3.8, 4) is 0 Å². The van der Waals surface area contributed by atoms with Crippen LogP contribution in [-0.4, -0.2) is 49.2 Å². The average Bonchev–Trinajstić information content (AvgIpc) is 3.26.